The molecule has 0 aromatic heterocycles. The van der Waals surface area contributed by atoms with Crippen LogP contribution < -0.4 is 4.74 Å². The van der Waals surface area contributed by atoms with Crippen LogP contribution in [-0.2, 0) is 34.1 Å². The Balaban J connectivity index is 0.00000161. The van der Waals surface area contributed by atoms with Crippen molar-refractivity contribution >= 4 is 38.7 Å². The van der Waals surface area contributed by atoms with Crippen molar-refractivity contribution in [1.29, 1.82) is 0 Å². The Hall–Kier alpha value is -2.23. The summed E-state index contributed by atoms with van der Waals surface area (Å²) in [7, 11) is -5.03. The minimum Gasteiger partial charge on any atom is -0.466 e. The normalized spacial score (nSPS) is 12.4. The molecule has 0 heterocycles. The van der Waals surface area contributed by atoms with Crippen LogP contribution in [0.1, 0.15) is 86.9 Å². The monoisotopic (exact) mass is 761 g/mol. The Morgan fingerprint density at radius 1 is 0.900 bits per heavy atom. The number of carbonyl (C=O) groups excluding carboxylic acids is 2. The number of aliphatic hydroxyl groups excluding tert-OH is 1. The van der Waals surface area contributed by atoms with Gasteiger partial charge in [-0.1, -0.05) is 60.8 Å². The van der Waals surface area contributed by atoms with E-state index < -0.39 is 32.5 Å². The highest BCUT2D eigenvalue weighted by Gasteiger charge is 2.25. The van der Waals surface area contributed by atoms with Crippen LogP contribution in [0.3, 0.4) is 0 Å². The van der Waals surface area contributed by atoms with Gasteiger partial charge >= 0.3 is 6.09 Å². The number of benzene rings is 2. The predicted octanol–water partition coefficient (Wildman–Crippen LogP) is 9.00. The Bertz CT molecular complexity index is 1340. The number of hydrogen-bond donors (Lipinski definition) is 1. The fourth-order valence-electron chi connectivity index (χ4n) is 4.37. The zero-order chi connectivity index (χ0) is 37.6. The Morgan fingerprint density at radius 3 is 2.08 bits per heavy atom. The van der Waals surface area contributed by atoms with Gasteiger partial charge in [-0.25, -0.2) is 4.79 Å². The van der Waals surface area contributed by atoms with Gasteiger partial charge in [0.05, 0.1) is 18.2 Å². The largest absolute Gasteiger partial charge is 0.466 e. The van der Waals surface area contributed by atoms with Crippen molar-refractivity contribution in [3.63, 3.8) is 0 Å². The molecule has 11 nitrogen and oxygen atoms in total. The Kier molecular flexibility index (Phi) is 22.1. The maximum Gasteiger partial charge on any atom is 0.410 e. The standard InChI is InChI=1S/C33H50NO8P.C3H8ClO2P/c1-33(2,3)42-32(37)34(20-12-6-7-13-21-39-22-14-11-17-27-15-9-8-10-16-27)24-30(36)28-18-19-31(29(23-28)25-35)40-26-41-43(4,5)38;1-7(2,5)6-3-4/h8-10,15-16,18-19,23,25,30,36H,6-7,11-14,17,20-22,24,26H2,1-5H3;3H2,1-2H3. The van der Waals surface area contributed by atoms with Gasteiger partial charge < -0.3 is 28.7 Å². The number of ether oxygens (including phenoxy) is 3. The maximum absolute atomic E-state index is 12.9. The molecule has 284 valence electrons. The van der Waals surface area contributed by atoms with E-state index in [-0.39, 0.29) is 30.7 Å². The second-order valence-corrected chi connectivity index (χ2v) is 19.2. The fourth-order valence-corrected chi connectivity index (χ4v) is 5.62. The van der Waals surface area contributed by atoms with Gasteiger partial charge in [0.15, 0.2) is 27.8 Å². The van der Waals surface area contributed by atoms with E-state index in [9.17, 15) is 23.8 Å². The maximum atomic E-state index is 12.9. The third kappa shape index (κ3) is 23.3. The number of aldehydes is 1. The number of unbranched alkanes of at least 4 members (excludes halogenated alkanes) is 4. The number of halogens is 1. The lowest BCUT2D eigenvalue weighted by Crippen LogP contribution is -2.39. The average Bonchev–Trinajstić information content (AvgIpc) is 3.01. The molecule has 2 rings (SSSR count). The van der Waals surface area contributed by atoms with Gasteiger partial charge in [-0.05, 0) is 76.1 Å². The summed E-state index contributed by atoms with van der Waals surface area (Å²) in [5.41, 5.74) is 1.36. The summed E-state index contributed by atoms with van der Waals surface area (Å²) >= 11 is 5.09. The second kappa shape index (κ2) is 24.1. The van der Waals surface area contributed by atoms with Crippen LogP contribution in [0.5, 0.6) is 5.75 Å². The lowest BCUT2D eigenvalue weighted by Gasteiger charge is -2.29. The van der Waals surface area contributed by atoms with Crippen molar-refractivity contribution < 1.29 is 47.1 Å². The van der Waals surface area contributed by atoms with Gasteiger partial charge in [0, 0.05) is 46.4 Å². The molecule has 0 aliphatic rings. The number of nitrogens with zero attached hydrogens (tertiary/aromatic N) is 1. The van der Waals surface area contributed by atoms with Crippen LogP contribution in [0.4, 0.5) is 4.79 Å². The molecule has 14 heteroatoms. The van der Waals surface area contributed by atoms with Crippen LogP contribution in [0, 0.1) is 0 Å². The molecule has 1 unspecified atom stereocenters. The van der Waals surface area contributed by atoms with Crippen molar-refractivity contribution in [2.24, 2.45) is 0 Å². The summed E-state index contributed by atoms with van der Waals surface area (Å²) in [4.78, 5) is 26.1. The van der Waals surface area contributed by atoms with Gasteiger partial charge in [0.25, 0.3) is 0 Å². The molecule has 50 heavy (non-hydrogen) atoms. The molecule has 2 aromatic rings. The van der Waals surface area contributed by atoms with Gasteiger partial charge in [-0.15, -0.1) is 0 Å². The van der Waals surface area contributed by atoms with E-state index in [0.29, 0.717) is 18.4 Å². The van der Waals surface area contributed by atoms with Crippen LogP contribution in [0.25, 0.3) is 0 Å². The number of carbonyl (C=O) groups is 2. The summed E-state index contributed by atoms with van der Waals surface area (Å²) in [5, 5.41) is 11.0. The fraction of sp³-hybridized carbons (Fsp3) is 0.611. The highest BCUT2D eigenvalue weighted by Crippen LogP contribution is 2.37. The first kappa shape index (κ1) is 45.8. The third-order valence-electron chi connectivity index (χ3n) is 6.84. The second-order valence-electron chi connectivity index (χ2n) is 13.5. The number of hydrogen-bond acceptors (Lipinski definition) is 10. The highest BCUT2D eigenvalue weighted by atomic mass is 35.5. The van der Waals surface area contributed by atoms with Crippen LogP contribution in [-0.4, -0.2) is 93.8 Å². The summed E-state index contributed by atoms with van der Waals surface area (Å²) < 4.78 is 48.7. The van der Waals surface area contributed by atoms with Crippen LogP contribution in [0.15, 0.2) is 48.5 Å². The summed E-state index contributed by atoms with van der Waals surface area (Å²) in [5.74, 6) is 0.250. The number of rotatable bonds is 22. The molecule has 0 aliphatic carbocycles. The molecule has 1 amide bonds. The first-order valence-corrected chi connectivity index (χ1v) is 22.5. The van der Waals surface area contributed by atoms with Gasteiger partial charge in [0.2, 0.25) is 0 Å². The number of aryl methyl sites for hydroxylation is 1. The number of aliphatic hydroxyl groups is 1. The third-order valence-corrected chi connectivity index (χ3v) is 8.58. The van der Waals surface area contributed by atoms with Crippen molar-refractivity contribution in [3.8, 4) is 5.75 Å². The molecule has 0 saturated carbocycles. The van der Waals surface area contributed by atoms with Crippen molar-refractivity contribution in [2.45, 2.75) is 77.4 Å². The van der Waals surface area contributed by atoms with E-state index in [0.717, 1.165) is 58.2 Å². The Labute approximate surface area is 304 Å². The van der Waals surface area contributed by atoms with E-state index in [1.807, 2.05) is 6.07 Å². The Morgan fingerprint density at radius 2 is 1.52 bits per heavy atom. The number of alkyl halides is 1. The lowest BCUT2D eigenvalue weighted by atomic mass is 10.0. The van der Waals surface area contributed by atoms with E-state index in [2.05, 4.69) is 28.8 Å². The summed E-state index contributed by atoms with van der Waals surface area (Å²) in [6.07, 6.45) is 5.91. The van der Waals surface area contributed by atoms with Crippen LogP contribution in [0.2, 0.25) is 0 Å². The predicted molar refractivity (Wildman–Crippen MR) is 201 cm³/mol. The van der Waals surface area contributed by atoms with Crippen molar-refractivity contribution in [2.75, 3.05) is 65.8 Å². The SMILES string of the molecule is CC(C)(C)OC(=O)N(CCCCCCOCCCCc1ccccc1)CC(O)c1ccc(OCOP(C)(C)=O)c(C=O)c1.CP(C)(=O)OCCl. The van der Waals surface area contributed by atoms with Crippen molar-refractivity contribution in [3.05, 3.63) is 65.2 Å². The minimum absolute atomic E-state index is 0.0114. The molecular weight excluding hydrogens is 704 g/mol. The zero-order valence-electron chi connectivity index (χ0n) is 30.8. The van der Waals surface area contributed by atoms with E-state index in [1.54, 1.807) is 32.9 Å². The average molecular weight is 762 g/mol. The lowest BCUT2D eigenvalue weighted by molar-refractivity contribution is 0.0139. The van der Waals surface area contributed by atoms with E-state index in [1.165, 1.54) is 43.2 Å². The molecule has 1 atom stereocenters. The molecule has 0 bridgehead atoms. The van der Waals surface area contributed by atoms with E-state index >= 15 is 0 Å². The quantitative estimate of drug-likeness (QED) is 0.0407. The van der Waals surface area contributed by atoms with E-state index in [4.69, 9.17) is 30.3 Å². The topological polar surface area (TPSA) is 138 Å². The number of amides is 1. The molecular formula is C36H58ClNO10P2. The minimum atomic E-state index is -2.73. The highest BCUT2D eigenvalue weighted by molar-refractivity contribution is 7.57. The molecule has 2 aromatic carbocycles. The van der Waals surface area contributed by atoms with Gasteiger partial charge in [-0.2, -0.15) is 0 Å². The first-order valence-electron chi connectivity index (χ1n) is 16.9. The molecule has 1 N–H and O–H groups in total. The zero-order valence-corrected chi connectivity index (χ0v) is 33.4. The van der Waals surface area contributed by atoms with Gasteiger partial charge in [-0.3, -0.25) is 18.4 Å². The molecule has 0 radical (unpaired) electrons. The smallest absolute Gasteiger partial charge is 0.410 e. The summed E-state index contributed by atoms with van der Waals surface area (Å²) in [6.45, 7) is 13.1. The molecule has 0 fully saturated rings. The molecule has 0 aliphatic heterocycles. The molecule has 0 spiro atoms. The first-order chi connectivity index (χ1) is 23.4. The van der Waals surface area contributed by atoms with Crippen LogP contribution >= 0.6 is 26.3 Å². The summed E-state index contributed by atoms with van der Waals surface area (Å²) in [6, 6.07) is 15.2. The van der Waals surface area contributed by atoms with Crippen molar-refractivity contribution in [1.82, 2.24) is 4.90 Å². The molecule has 0 saturated heterocycles. The van der Waals surface area contributed by atoms with Gasteiger partial charge in [0.1, 0.15) is 17.4 Å².